The molecule has 1 aromatic carbocycles. The quantitative estimate of drug-likeness (QED) is 0.687. The van der Waals surface area contributed by atoms with Crippen LogP contribution in [0.2, 0.25) is 0 Å². The molecule has 114 valence electrons. The minimum absolute atomic E-state index is 0.0350. The summed E-state index contributed by atoms with van der Waals surface area (Å²) in [6.45, 7) is 0.641. The zero-order valence-electron chi connectivity index (χ0n) is 12.4. The molecule has 0 unspecified atom stereocenters. The Kier molecular flexibility index (Phi) is 4.48. The standard InChI is InChI=1S/C16H18N4OS/c1-20-9-8-18-16(20)22-11-15(21)17-7-6-12-10-19-14-5-3-2-4-13(12)14/h2-5,8-10,19H,6-7,11H2,1H3,(H,17,21). The monoisotopic (exact) mass is 314 g/mol. The Labute approximate surface area is 133 Å². The number of rotatable bonds is 6. The highest BCUT2D eigenvalue weighted by atomic mass is 32.2. The third-order valence-corrected chi connectivity index (χ3v) is 4.56. The van der Waals surface area contributed by atoms with Gasteiger partial charge in [0, 0.05) is 43.1 Å². The Balaban J connectivity index is 1.46. The number of aromatic nitrogens is 3. The summed E-state index contributed by atoms with van der Waals surface area (Å²) in [7, 11) is 1.92. The van der Waals surface area contributed by atoms with Crippen molar-refractivity contribution in [3.05, 3.63) is 48.4 Å². The minimum atomic E-state index is 0.0350. The van der Waals surface area contributed by atoms with Crippen molar-refractivity contribution in [1.29, 1.82) is 0 Å². The number of aromatic amines is 1. The van der Waals surface area contributed by atoms with Gasteiger partial charge >= 0.3 is 0 Å². The second-order valence-corrected chi connectivity index (χ2v) is 6.01. The number of hydrogen-bond acceptors (Lipinski definition) is 3. The van der Waals surface area contributed by atoms with E-state index in [2.05, 4.69) is 27.4 Å². The first-order valence-electron chi connectivity index (χ1n) is 7.16. The highest BCUT2D eigenvalue weighted by molar-refractivity contribution is 7.99. The fourth-order valence-corrected chi connectivity index (χ4v) is 3.11. The van der Waals surface area contributed by atoms with Crippen LogP contribution in [0.1, 0.15) is 5.56 Å². The molecule has 5 nitrogen and oxygen atoms in total. The number of benzene rings is 1. The van der Waals surface area contributed by atoms with Crippen LogP contribution in [0.15, 0.2) is 48.0 Å². The predicted molar refractivity (Wildman–Crippen MR) is 88.9 cm³/mol. The number of nitrogens with zero attached hydrogens (tertiary/aromatic N) is 2. The van der Waals surface area contributed by atoms with Crippen LogP contribution in [0.5, 0.6) is 0 Å². The molecule has 0 fully saturated rings. The number of hydrogen-bond donors (Lipinski definition) is 2. The number of amides is 1. The molecule has 0 atom stereocenters. The van der Waals surface area contributed by atoms with Crippen LogP contribution in [-0.4, -0.2) is 32.7 Å². The average Bonchev–Trinajstić information content (AvgIpc) is 3.12. The summed E-state index contributed by atoms with van der Waals surface area (Å²) in [4.78, 5) is 19.3. The number of carbonyl (C=O) groups is 1. The molecule has 0 spiro atoms. The SMILES string of the molecule is Cn1ccnc1SCC(=O)NCCc1c[nH]c2ccccc12. The van der Waals surface area contributed by atoms with Crippen molar-refractivity contribution in [2.24, 2.45) is 7.05 Å². The highest BCUT2D eigenvalue weighted by Gasteiger charge is 2.07. The van der Waals surface area contributed by atoms with Gasteiger partial charge in [0.25, 0.3) is 0 Å². The molecular formula is C16H18N4OS. The van der Waals surface area contributed by atoms with Crippen LogP contribution in [0.4, 0.5) is 0 Å². The first kappa shape index (κ1) is 14.7. The minimum Gasteiger partial charge on any atom is -0.361 e. The Morgan fingerprint density at radius 1 is 1.41 bits per heavy atom. The molecule has 3 rings (SSSR count). The van der Waals surface area contributed by atoms with Gasteiger partial charge in [0.2, 0.25) is 5.91 Å². The summed E-state index contributed by atoms with van der Waals surface area (Å²) < 4.78 is 1.91. The lowest BCUT2D eigenvalue weighted by Gasteiger charge is -2.05. The largest absolute Gasteiger partial charge is 0.361 e. The van der Waals surface area contributed by atoms with Gasteiger partial charge in [-0.3, -0.25) is 4.79 Å². The molecule has 0 aliphatic carbocycles. The van der Waals surface area contributed by atoms with E-state index in [0.717, 1.165) is 17.1 Å². The topological polar surface area (TPSA) is 62.7 Å². The van der Waals surface area contributed by atoms with Crippen molar-refractivity contribution in [1.82, 2.24) is 19.9 Å². The van der Waals surface area contributed by atoms with Crippen molar-refractivity contribution in [2.75, 3.05) is 12.3 Å². The fraction of sp³-hybridized carbons (Fsp3) is 0.250. The van der Waals surface area contributed by atoms with E-state index in [9.17, 15) is 4.79 Å². The van der Waals surface area contributed by atoms with Gasteiger partial charge < -0.3 is 14.9 Å². The number of aryl methyl sites for hydroxylation is 1. The van der Waals surface area contributed by atoms with Gasteiger partial charge in [-0.25, -0.2) is 4.98 Å². The Hall–Kier alpha value is -2.21. The maximum absolute atomic E-state index is 11.9. The van der Waals surface area contributed by atoms with Crippen LogP contribution in [0.3, 0.4) is 0 Å². The second-order valence-electron chi connectivity index (χ2n) is 5.07. The summed E-state index contributed by atoms with van der Waals surface area (Å²) in [5, 5.41) is 5.03. The van der Waals surface area contributed by atoms with Gasteiger partial charge in [0.05, 0.1) is 5.75 Å². The predicted octanol–water partition coefficient (Wildman–Crippen LogP) is 2.35. The number of carbonyl (C=O) groups excluding carboxylic acids is 1. The smallest absolute Gasteiger partial charge is 0.230 e. The second kappa shape index (κ2) is 6.70. The van der Waals surface area contributed by atoms with Crippen LogP contribution < -0.4 is 5.32 Å². The van der Waals surface area contributed by atoms with Crippen LogP contribution in [0.25, 0.3) is 10.9 Å². The molecule has 0 bridgehead atoms. The molecule has 0 saturated carbocycles. The molecule has 0 radical (unpaired) electrons. The lowest BCUT2D eigenvalue weighted by atomic mass is 10.1. The molecule has 0 saturated heterocycles. The maximum atomic E-state index is 11.9. The summed E-state index contributed by atoms with van der Waals surface area (Å²) in [5.74, 6) is 0.423. The highest BCUT2D eigenvalue weighted by Crippen LogP contribution is 2.18. The van der Waals surface area contributed by atoms with Crippen molar-refractivity contribution in [3.63, 3.8) is 0 Å². The summed E-state index contributed by atoms with van der Waals surface area (Å²) in [6.07, 6.45) is 6.44. The lowest BCUT2D eigenvalue weighted by molar-refractivity contribution is -0.118. The van der Waals surface area contributed by atoms with Gasteiger partial charge in [-0.15, -0.1) is 0 Å². The van der Waals surface area contributed by atoms with Crippen LogP contribution in [0, 0.1) is 0 Å². The van der Waals surface area contributed by atoms with Gasteiger partial charge in [0.15, 0.2) is 5.16 Å². The zero-order valence-corrected chi connectivity index (χ0v) is 13.2. The first-order chi connectivity index (χ1) is 10.7. The number of para-hydroxylation sites is 1. The number of fused-ring (bicyclic) bond motifs is 1. The lowest BCUT2D eigenvalue weighted by Crippen LogP contribution is -2.27. The molecule has 22 heavy (non-hydrogen) atoms. The van der Waals surface area contributed by atoms with Crippen molar-refractivity contribution in [2.45, 2.75) is 11.6 Å². The summed E-state index contributed by atoms with van der Waals surface area (Å²) in [5.41, 5.74) is 2.36. The normalized spacial score (nSPS) is 11.0. The van der Waals surface area contributed by atoms with E-state index in [0.29, 0.717) is 12.3 Å². The molecule has 0 aliphatic heterocycles. The average molecular weight is 314 g/mol. The van der Waals surface area contributed by atoms with Crippen LogP contribution >= 0.6 is 11.8 Å². The zero-order chi connectivity index (χ0) is 15.4. The Morgan fingerprint density at radius 2 is 2.27 bits per heavy atom. The van der Waals surface area contributed by atoms with E-state index < -0.39 is 0 Å². The van der Waals surface area contributed by atoms with Crippen LogP contribution in [-0.2, 0) is 18.3 Å². The van der Waals surface area contributed by atoms with Crippen molar-refractivity contribution < 1.29 is 4.79 Å². The molecule has 2 heterocycles. The molecule has 6 heteroatoms. The van der Waals surface area contributed by atoms with E-state index >= 15 is 0 Å². The third-order valence-electron chi connectivity index (χ3n) is 3.50. The van der Waals surface area contributed by atoms with E-state index in [-0.39, 0.29) is 5.91 Å². The van der Waals surface area contributed by atoms with Gasteiger partial charge in [-0.2, -0.15) is 0 Å². The number of H-pyrrole nitrogens is 1. The van der Waals surface area contributed by atoms with Gasteiger partial charge in [0.1, 0.15) is 0 Å². The maximum Gasteiger partial charge on any atom is 0.230 e. The van der Waals surface area contributed by atoms with E-state index in [1.807, 2.05) is 36.1 Å². The van der Waals surface area contributed by atoms with Crippen molar-refractivity contribution >= 4 is 28.6 Å². The summed E-state index contributed by atoms with van der Waals surface area (Å²) in [6, 6.07) is 8.20. The number of nitrogens with one attached hydrogen (secondary N) is 2. The Bertz CT molecular complexity index is 777. The van der Waals surface area contributed by atoms with E-state index in [1.54, 1.807) is 6.20 Å². The third kappa shape index (κ3) is 3.33. The molecule has 3 aromatic rings. The van der Waals surface area contributed by atoms with Crippen molar-refractivity contribution in [3.8, 4) is 0 Å². The number of thioether (sulfide) groups is 1. The first-order valence-corrected chi connectivity index (χ1v) is 8.14. The molecule has 1 amide bonds. The molecular weight excluding hydrogens is 296 g/mol. The van der Waals surface area contributed by atoms with E-state index in [1.165, 1.54) is 22.7 Å². The van der Waals surface area contributed by atoms with E-state index in [4.69, 9.17) is 0 Å². The molecule has 2 N–H and O–H groups in total. The molecule has 0 aliphatic rings. The Morgan fingerprint density at radius 3 is 3.09 bits per heavy atom. The van der Waals surface area contributed by atoms with Gasteiger partial charge in [-0.1, -0.05) is 30.0 Å². The summed E-state index contributed by atoms with van der Waals surface area (Å²) >= 11 is 1.45. The fourth-order valence-electron chi connectivity index (χ4n) is 2.35. The molecule has 2 aromatic heterocycles. The van der Waals surface area contributed by atoms with Gasteiger partial charge in [-0.05, 0) is 18.1 Å². The number of imidazole rings is 1.